The van der Waals surface area contributed by atoms with E-state index < -0.39 is 0 Å². The van der Waals surface area contributed by atoms with Crippen molar-refractivity contribution in [3.05, 3.63) is 47.5 Å². The highest BCUT2D eigenvalue weighted by molar-refractivity contribution is 9.08. The van der Waals surface area contributed by atoms with Gasteiger partial charge < -0.3 is 0 Å². The van der Waals surface area contributed by atoms with Gasteiger partial charge in [0.05, 0.1) is 6.20 Å². The van der Waals surface area contributed by atoms with Crippen LogP contribution in [0.4, 0.5) is 4.39 Å². The monoisotopic (exact) mass is 268 g/mol. The lowest BCUT2D eigenvalue weighted by Crippen LogP contribution is -2.01. The van der Waals surface area contributed by atoms with E-state index >= 15 is 0 Å². The van der Waals surface area contributed by atoms with Crippen molar-refractivity contribution in [3.8, 4) is 5.69 Å². The summed E-state index contributed by atoms with van der Waals surface area (Å²) in [6.07, 6.45) is 1.75. The van der Waals surface area contributed by atoms with Crippen LogP contribution in [0, 0.1) is 12.7 Å². The Morgan fingerprint density at radius 3 is 2.73 bits per heavy atom. The number of para-hydroxylation sites is 1. The average molecular weight is 269 g/mol. The summed E-state index contributed by atoms with van der Waals surface area (Å²) in [5, 5.41) is 4.89. The van der Waals surface area contributed by atoms with Crippen LogP contribution in [-0.2, 0) is 5.33 Å². The number of nitrogens with zero attached hydrogens (tertiary/aromatic N) is 2. The molecular formula is C11H10BrFN2. The number of benzene rings is 1. The molecule has 0 spiro atoms. The fourth-order valence-electron chi connectivity index (χ4n) is 1.44. The molecule has 0 aliphatic heterocycles. The Morgan fingerprint density at radius 1 is 1.40 bits per heavy atom. The Bertz CT molecular complexity index is 479. The summed E-state index contributed by atoms with van der Waals surface area (Å²) < 4.78 is 15.1. The summed E-state index contributed by atoms with van der Waals surface area (Å²) in [6.45, 7) is 1.93. The number of aromatic nitrogens is 2. The maximum atomic E-state index is 13.5. The molecule has 15 heavy (non-hydrogen) atoms. The maximum Gasteiger partial charge on any atom is 0.148 e. The minimum Gasteiger partial charge on any atom is -0.235 e. The van der Waals surface area contributed by atoms with Crippen LogP contribution >= 0.6 is 15.9 Å². The van der Waals surface area contributed by atoms with Gasteiger partial charge in [0.2, 0.25) is 0 Å². The van der Waals surface area contributed by atoms with Gasteiger partial charge in [0.1, 0.15) is 11.5 Å². The molecule has 0 bridgehead atoms. The second kappa shape index (κ2) is 4.14. The Hall–Kier alpha value is -1.16. The Morgan fingerprint density at radius 2 is 2.13 bits per heavy atom. The fraction of sp³-hybridized carbons (Fsp3) is 0.182. The van der Waals surface area contributed by atoms with Gasteiger partial charge in [-0.25, -0.2) is 9.07 Å². The van der Waals surface area contributed by atoms with Crippen LogP contribution in [0.25, 0.3) is 5.69 Å². The van der Waals surface area contributed by atoms with Crippen LogP contribution in [0.3, 0.4) is 0 Å². The van der Waals surface area contributed by atoms with E-state index in [1.165, 1.54) is 6.07 Å². The third kappa shape index (κ3) is 1.81. The number of rotatable bonds is 2. The van der Waals surface area contributed by atoms with Crippen molar-refractivity contribution in [1.29, 1.82) is 0 Å². The van der Waals surface area contributed by atoms with Gasteiger partial charge in [0.25, 0.3) is 0 Å². The molecule has 0 N–H and O–H groups in total. The van der Waals surface area contributed by atoms with Gasteiger partial charge in [-0.05, 0) is 19.1 Å². The molecule has 2 nitrogen and oxygen atoms in total. The van der Waals surface area contributed by atoms with Crippen molar-refractivity contribution in [3.63, 3.8) is 0 Å². The molecular weight excluding hydrogens is 259 g/mol. The lowest BCUT2D eigenvalue weighted by molar-refractivity contribution is 0.608. The van der Waals surface area contributed by atoms with E-state index in [0.29, 0.717) is 5.69 Å². The van der Waals surface area contributed by atoms with Crippen molar-refractivity contribution in [2.45, 2.75) is 12.3 Å². The first-order valence-electron chi connectivity index (χ1n) is 4.58. The van der Waals surface area contributed by atoms with E-state index in [-0.39, 0.29) is 5.82 Å². The molecule has 0 saturated carbocycles. The predicted octanol–water partition coefficient (Wildman–Crippen LogP) is 3.21. The molecule has 0 saturated heterocycles. The standard InChI is InChI=1S/C11H10BrFN2/c1-8-9(6-12)7-14-15(8)11-5-3-2-4-10(11)13/h2-5,7H,6H2,1H3. The summed E-state index contributed by atoms with van der Waals surface area (Å²) in [4.78, 5) is 0. The normalized spacial score (nSPS) is 10.6. The first-order valence-corrected chi connectivity index (χ1v) is 5.70. The van der Waals surface area contributed by atoms with E-state index in [2.05, 4.69) is 21.0 Å². The van der Waals surface area contributed by atoms with Gasteiger partial charge in [-0.15, -0.1) is 0 Å². The molecule has 78 valence electrons. The van der Waals surface area contributed by atoms with Crippen LogP contribution in [0.15, 0.2) is 30.5 Å². The zero-order valence-electron chi connectivity index (χ0n) is 8.24. The zero-order chi connectivity index (χ0) is 10.8. The summed E-state index contributed by atoms with van der Waals surface area (Å²) >= 11 is 3.37. The van der Waals surface area contributed by atoms with Crippen LogP contribution in [-0.4, -0.2) is 9.78 Å². The summed E-state index contributed by atoms with van der Waals surface area (Å²) in [5.74, 6) is -0.259. The third-order valence-electron chi connectivity index (χ3n) is 2.34. The van der Waals surface area contributed by atoms with Crippen LogP contribution in [0.2, 0.25) is 0 Å². The second-order valence-corrected chi connectivity index (χ2v) is 3.81. The molecule has 2 rings (SSSR count). The van der Waals surface area contributed by atoms with E-state index in [9.17, 15) is 4.39 Å². The summed E-state index contributed by atoms with van der Waals surface area (Å²) in [5.41, 5.74) is 2.51. The first-order chi connectivity index (χ1) is 7.24. The molecule has 1 heterocycles. The average Bonchev–Trinajstić information content (AvgIpc) is 2.60. The van der Waals surface area contributed by atoms with E-state index in [1.807, 2.05) is 6.92 Å². The zero-order valence-corrected chi connectivity index (χ0v) is 9.83. The summed E-state index contributed by atoms with van der Waals surface area (Å²) in [6, 6.07) is 6.62. The molecule has 0 unspecified atom stereocenters. The number of hydrogen-bond donors (Lipinski definition) is 0. The molecule has 1 aromatic heterocycles. The highest BCUT2D eigenvalue weighted by Gasteiger charge is 2.09. The van der Waals surface area contributed by atoms with Gasteiger partial charge in [0.15, 0.2) is 0 Å². The lowest BCUT2D eigenvalue weighted by Gasteiger charge is -2.05. The number of hydrogen-bond acceptors (Lipinski definition) is 1. The largest absolute Gasteiger partial charge is 0.235 e. The maximum absolute atomic E-state index is 13.5. The molecule has 0 radical (unpaired) electrons. The molecule has 2 aromatic rings. The van der Waals surface area contributed by atoms with Crippen molar-refractivity contribution in [2.75, 3.05) is 0 Å². The van der Waals surface area contributed by atoms with Gasteiger partial charge in [-0.1, -0.05) is 28.1 Å². The quantitative estimate of drug-likeness (QED) is 0.765. The molecule has 0 amide bonds. The van der Waals surface area contributed by atoms with Crippen molar-refractivity contribution < 1.29 is 4.39 Å². The number of halogens is 2. The highest BCUT2D eigenvalue weighted by atomic mass is 79.9. The topological polar surface area (TPSA) is 17.8 Å². The molecule has 0 fully saturated rings. The van der Waals surface area contributed by atoms with E-state index in [1.54, 1.807) is 29.1 Å². The molecule has 4 heteroatoms. The Labute approximate surface area is 95.9 Å². The van der Waals surface area contributed by atoms with Crippen LogP contribution < -0.4 is 0 Å². The highest BCUT2D eigenvalue weighted by Crippen LogP contribution is 2.18. The minimum absolute atomic E-state index is 0.259. The molecule has 0 aliphatic rings. The smallest absolute Gasteiger partial charge is 0.148 e. The van der Waals surface area contributed by atoms with Crippen LogP contribution in [0.1, 0.15) is 11.3 Å². The summed E-state index contributed by atoms with van der Waals surface area (Å²) in [7, 11) is 0. The van der Waals surface area contributed by atoms with Gasteiger partial charge >= 0.3 is 0 Å². The predicted molar refractivity (Wildman–Crippen MR) is 60.9 cm³/mol. The SMILES string of the molecule is Cc1c(CBr)cnn1-c1ccccc1F. The molecule has 0 aliphatic carbocycles. The third-order valence-corrected chi connectivity index (χ3v) is 2.94. The minimum atomic E-state index is -0.259. The Kier molecular flexibility index (Phi) is 2.86. The van der Waals surface area contributed by atoms with Gasteiger partial charge in [-0.3, -0.25) is 0 Å². The molecule has 0 atom stereocenters. The van der Waals surface area contributed by atoms with E-state index in [0.717, 1.165) is 16.6 Å². The number of alkyl halides is 1. The van der Waals surface area contributed by atoms with Crippen molar-refractivity contribution in [1.82, 2.24) is 9.78 Å². The van der Waals surface area contributed by atoms with E-state index in [4.69, 9.17) is 0 Å². The molecule has 1 aromatic carbocycles. The lowest BCUT2D eigenvalue weighted by atomic mass is 10.2. The fourth-order valence-corrected chi connectivity index (χ4v) is 1.99. The first kappa shape index (κ1) is 10.4. The van der Waals surface area contributed by atoms with Crippen LogP contribution in [0.5, 0.6) is 0 Å². The van der Waals surface area contributed by atoms with Gasteiger partial charge in [-0.2, -0.15) is 5.10 Å². The van der Waals surface area contributed by atoms with Crippen molar-refractivity contribution in [2.24, 2.45) is 0 Å². The van der Waals surface area contributed by atoms with Gasteiger partial charge in [0, 0.05) is 16.6 Å². The Balaban J connectivity index is 2.55. The van der Waals surface area contributed by atoms with Crippen molar-refractivity contribution >= 4 is 15.9 Å². The second-order valence-electron chi connectivity index (χ2n) is 3.25.